The van der Waals surface area contributed by atoms with E-state index in [0.29, 0.717) is 13.0 Å². The number of aliphatic hydroxyl groups excluding tert-OH is 2. The van der Waals surface area contributed by atoms with Crippen LogP contribution in [0.25, 0.3) is 0 Å². The van der Waals surface area contributed by atoms with Gasteiger partial charge in [0.25, 0.3) is 0 Å². The molecule has 0 unspecified atom stereocenters. The molecule has 0 spiro atoms. The normalized spacial score (nSPS) is 11.3. The van der Waals surface area contributed by atoms with Gasteiger partial charge in [0.2, 0.25) is 5.91 Å². The van der Waals surface area contributed by atoms with Crippen LogP contribution in [0.5, 0.6) is 0 Å². The number of nitrogens with one attached hydrogen (secondary N) is 2. The van der Waals surface area contributed by atoms with E-state index in [1.807, 2.05) is 37.3 Å². The Morgan fingerprint density at radius 1 is 1.21 bits per heavy atom. The molecule has 5 nitrogen and oxygen atoms in total. The molecule has 0 aliphatic heterocycles. The maximum absolute atomic E-state index is 11.7. The predicted octanol–water partition coefficient (Wildman–Crippen LogP) is 0.0258. The minimum Gasteiger partial charge on any atom is -0.394 e. The minimum atomic E-state index is -0.788. The van der Waals surface area contributed by atoms with Crippen LogP contribution in [0.3, 0.4) is 0 Å². The summed E-state index contributed by atoms with van der Waals surface area (Å²) < 4.78 is 0. The quantitative estimate of drug-likeness (QED) is 0.535. The molecule has 0 saturated heterocycles. The molecule has 1 aromatic carbocycles. The topological polar surface area (TPSA) is 81.6 Å². The molecule has 0 saturated carbocycles. The summed E-state index contributed by atoms with van der Waals surface area (Å²) in [6.07, 6.45) is 0.548. The van der Waals surface area contributed by atoms with Gasteiger partial charge in [0.05, 0.1) is 25.3 Å². The number of rotatable bonds is 8. The fraction of sp³-hybridized carbons (Fsp3) is 0.500. The molecule has 0 atom stereocenters. The third-order valence-electron chi connectivity index (χ3n) is 3.24. The van der Waals surface area contributed by atoms with Gasteiger partial charge in [-0.2, -0.15) is 0 Å². The van der Waals surface area contributed by atoms with Gasteiger partial charge in [-0.1, -0.05) is 37.3 Å². The number of carbonyl (C=O) groups is 1. The van der Waals surface area contributed by atoms with E-state index in [1.54, 1.807) is 0 Å². The van der Waals surface area contributed by atoms with Crippen LogP contribution in [0.4, 0.5) is 0 Å². The van der Waals surface area contributed by atoms with Crippen LogP contribution in [0.15, 0.2) is 30.3 Å². The molecule has 19 heavy (non-hydrogen) atoms. The van der Waals surface area contributed by atoms with Crippen LogP contribution in [0.1, 0.15) is 18.9 Å². The number of aliphatic hydroxyl groups is 2. The van der Waals surface area contributed by atoms with E-state index in [2.05, 4.69) is 10.6 Å². The van der Waals surface area contributed by atoms with Gasteiger partial charge in [0.15, 0.2) is 0 Å². The summed E-state index contributed by atoms with van der Waals surface area (Å²) in [4.78, 5) is 11.7. The Balaban J connectivity index is 2.35. The van der Waals surface area contributed by atoms with Gasteiger partial charge in [-0.15, -0.1) is 0 Å². The molecule has 0 aliphatic rings. The Hall–Kier alpha value is -1.43. The monoisotopic (exact) mass is 266 g/mol. The first-order chi connectivity index (χ1) is 9.15. The fourth-order valence-corrected chi connectivity index (χ4v) is 1.64. The molecular weight excluding hydrogens is 244 g/mol. The summed E-state index contributed by atoms with van der Waals surface area (Å²) in [7, 11) is 0. The summed E-state index contributed by atoms with van der Waals surface area (Å²) in [6.45, 7) is 1.99. The van der Waals surface area contributed by atoms with E-state index in [1.165, 1.54) is 0 Å². The van der Waals surface area contributed by atoms with E-state index < -0.39 is 5.54 Å². The summed E-state index contributed by atoms with van der Waals surface area (Å²) >= 11 is 0. The lowest BCUT2D eigenvalue weighted by atomic mass is 9.98. The fourth-order valence-electron chi connectivity index (χ4n) is 1.64. The van der Waals surface area contributed by atoms with Gasteiger partial charge < -0.3 is 15.5 Å². The molecule has 0 radical (unpaired) electrons. The van der Waals surface area contributed by atoms with Crippen molar-refractivity contribution in [2.45, 2.75) is 25.4 Å². The Bertz CT molecular complexity index is 369. The first-order valence-corrected chi connectivity index (χ1v) is 6.43. The third kappa shape index (κ3) is 4.98. The van der Waals surface area contributed by atoms with Crippen LogP contribution in [0.2, 0.25) is 0 Å². The van der Waals surface area contributed by atoms with Gasteiger partial charge in [-0.3, -0.25) is 10.1 Å². The molecule has 0 bridgehead atoms. The Kier molecular flexibility index (Phi) is 6.49. The Labute approximate surface area is 113 Å². The van der Waals surface area contributed by atoms with Crippen molar-refractivity contribution < 1.29 is 15.0 Å². The summed E-state index contributed by atoms with van der Waals surface area (Å²) in [5.74, 6) is -0.163. The summed E-state index contributed by atoms with van der Waals surface area (Å²) in [5, 5.41) is 24.2. The Morgan fingerprint density at radius 3 is 2.37 bits per heavy atom. The lowest BCUT2D eigenvalue weighted by Gasteiger charge is -2.29. The van der Waals surface area contributed by atoms with Crippen LogP contribution >= 0.6 is 0 Å². The van der Waals surface area contributed by atoms with E-state index in [9.17, 15) is 15.0 Å². The molecule has 0 aliphatic carbocycles. The maximum Gasteiger partial charge on any atom is 0.234 e. The van der Waals surface area contributed by atoms with Gasteiger partial charge in [-0.05, 0) is 12.0 Å². The molecule has 1 aromatic rings. The second kappa shape index (κ2) is 7.89. The van der Waals surface area contributed by atoms with Crippen molar-refractivity contribution in [2.75, 3.05) is 19.8 Å². The zero-order chi connectivity index (χ0) is 14.1. The van der Waals surface area contributed by atoms with Crippen LogP contribution in [0, 0.1) is 0 Å². The van der Waals surface area contributed by atoms with E-state index in [0.717, 1.165) is 5.56 Å². The van der Waals surface area contributed by atoms with Crippen molar-refractivity contribution in [3.05, 3.63) is 35.9 Å². The van der Waals surface area contributed by atoms with Crippen molar-refractivity contribution in [1.29, 1.82) is 0 Å². The van der Waals surface area contributed by atoms with Gasteiger partial charge in [0, 0.05) is 6.54 Å². The highest BCUT2D eigenvalue weighted by atomic mass is 16.3. The number of hydrogen-bond acceptors (Lipinski definition) is 4. The highest BCUT2D eigenvalue weighted by Crippen LogP contribution is 2.07. The zero-order valence-corrected chi connectivity index (χ0v) is 11.2. The van der Waals surface area contributed by atoms with E-state index in [-0.39, 0.29) is 25.7 Å². The number of benzene rings is 1. The minimum absolute atomic E-state index is 0.0712. The van der Waals surface area contributed by atoms with Crippen molar-refractivity contribution in [3.8, 4) is 0 Å². The first kappa shape index (κ1) is 15.6. The zero-order valence-electron chi connectivity index (χ0n) is 11.2. The van der Waals surface area contributed by atoms with E-state index in [4.69, 9.17) is 0 Å². The van der Waals surface area contributed by atoms with Gasteiger partial charge in [-0.25, -0.2) is 0 Å². The van der Waals surface area contributed by atoms with Crippen LogP contribution < -0.4 is 10.6 Å². The highest BCUT2D eigenvalue weighted by Gasteiger charge is 2.26. The third-order valence-corrected chi connectivity index (χ3v) is 3.24. The summed E-state index contributed by atoms with van der Waals surface area (Å²) in [5.41, 5.74) is 0.242. The largest absolute Gasteiger partial charge is 0.394 e. The molecule has 1 amide bonds. The van der Waals surface area contributed by atoms with Crippen LogP contribution in [-0.2, 0) is 11.3 Å². The van der Waals surface area contributed by atoms with E-state index >= 15 is 0 Å². The molecular formula is C14H22N2O3. The van der Waals surface area contributed by atoms with Crippen molar-refractivity contribution >= 4 is 5.91 Å². The Morgan fingerprint density at radius 2 is 1.84 bits per heavy atom. The van der Waals surface area contributed by atoms with Gasteiger partial charge >= 0.3 is 0 Å². The van der Waals surface area contributed by atoms with Crippen molar-refractivity contribution in [2.24, 2.45) is 0 Å². The molecule has 4 N–H and O–H groups in total. The standard InChI is InChI=1S/C14H22N2O3/c1-2-14(10-17,11-18)16-9-13(19)15-8-12-6-4-3-5-7-12/h3-7,16-18H,2,8-11H2,1H3,(H,15,19). The average Bonchev–Trinajstić information content (AvgIpc) is 2.48. The maximum atomic E-state index is 11.7. The molecule has 0 fully saturated rings. The van der Waals surface area contributed by atoms with Crippen molar-refractivity contribution in [1.82, 2.24) is 10.6 Å². The van der Waals surface area contributed by atoms with Crippen molar-refractivity contribution in [3.63, 3.8) is 0 Å². The number of amides is 1. The SMILES string of the molecule is CCC(CO)(CO)NCC(=O)NCc1ccccc1. The van der Waals surface area contributed by atoms with Crippen LogP contribution in [-0.4, -0.2) is 41.4 Å². The first-order valence-electron chi connectivity index (χ1n) is 6.43. The molecule has 0 heterocycles. The van der Waals surface area contributed by atoms with Gasteiger partial charge in [0.1, 0.15) is 0 Å². The predicted molar refractivity (Wildman–Crippen MR) is 73.5 cm³/mol. The molecule has 106 valence electrons. The number of hydrogen-bond donors (Lipinski definition) is 4. The molecule has 5 heteroatoms. The lowest BCUT2D eigenvalue weighted by molar-refractivity contribution is -0.121. The lowest BCUT2D eigenvalue weighted by Crippen LogP contribution is -2.54. The molecule has 0 aromatic heterocycles. The second-order valence-corrected chi connectivity index (χ2v) is 4.57. The second-order valence-electron chi connectivity index (χ2n) is 4.57. The average molecular weight is 266 g/mol. The highest BCUT2D eigenvalue weighted by molar-refractivity contribution is 5.78. The molecule has 1 rings (SSSR count). The number of carbonyl (C=O) groups excluding carboxylic acids is 1. The smallest absolute Gasteiger partial charge is 0.234 e. The summed E-state index contributed by atoms with van der Waals surface area (Å²) in [6, 6.07) is 9.63.